The number of aryl methyl sites for hydroxylation is 2. The number of anilines is 1. The van der Waals surface area contributed by atoms with Crippen LogP contribution in [0.1, 0.15) is 18.2 Å². The molecule has 3 nitrogen and oxygen atoms in total. The van der Waals surface area contributed by atoms with Crippen molar-refractivity contribution in [2.75, 3.05) is 5.73 Å². The van der Waals surface area contributed by atoms with Crippen molar-refractivity contribution >= 4 is 6.01 Å². The third-order valence-electron chi connectivity index (χ3n) is 2.36. The van der Waals surface area contributed by atoms with Gasteiger partial charge in [-0.1, -0.05) is 36.8 Å². The van der Waals surface area contributed by atoms with Gasteiger partial charge in [0.15, 0.2) is 5.76 Å². The van der Waals surface area contributed by atoms with Crippen LogP contribution in [0.25, 0.3) is 11.3 Å². The molecule has 0 unspecified atom stereocenters. The summed E-state index contributed by atoms with van der Waals surface area (Å²) < 4.78 is 5.40. The van der Waals surface area contributed by atoms with E-state index in [1.165, 1.54) is 5.56 Å². The van der Waals surface area contributed by atoms with Crippen LogP contribution in [0.2, 0.25) is 0 Å². The van der Waals surface area contributed by atoms with Gasteiger partial charge in [-0.25, -0.2) is 0 Å². The second kappa shape index (κ2) is 3.77. The van der Waals surface area contributed by atoms with E-state index in [9.17, 15) is 0 Å². The molecule has 1 aromatic heterocycles. The molecule has 1 heterocycles. The average Bonchev–Trinajstić information content (AvgIpc) is 2.61. The summed E-state index contributed by atoms with van der Waals surface area (Å²) in [6.07, 6.45) is 0.823. The summed E-state index contributed by atoms with van der Waals surface area (Å²) in [4.78, 5) is 4.14. The molecular formula is C12H14N2O. The quantitative estimate of drug-likeness (QED) is 0.814. The van der Waals surface area contributed by atoms with Gasteiger partial charge < -0.3 is 10.2 Å². The maximum absolute atomic E-state index is 5.54. The predicted molar refractivity (Wildman–Crippen MR) is 60.5 cm³/mol. The van der Waals surface area contributed by atoms with E-state index in [-0.39, 0.29) is 6.01 Å². The number of hydrogen-bond donors (Lipinski definition) is 1. The Bertz CT molecular complexity index is 457. The molecule has 0 amide bonds. The first-order valence-electron chi connectivity index (χ1n) is 5.03. The Morgan fingerprint density at radius 1 is 1.27 bits per heavy atom. The fraction of sp³-hybridized carbons (Fsp3) is 0.250. The molecule has 0 fully saturated rings. The monoisotopic (exact) mass is 202 g/mol. The lowest BCUT2D eigenvalue weighted by Gasteiger charge is -1.99. The Morgan fingerprint density at radius 3 is 2.53 bits per heavy atom. The first-order valence-corrected chi connectivity index (χ1v) is 5.03. The number of oxazole rings is 1. The molecule has 0 aliphatic rings. The lowest BCUT2D eigenvalue weighted by atomic mass is 10.1. The smallest absolute Gasteiger partial charge is 0.292 e. The molecule has 2 rings (SSSR count). The van der Waals surface area contributed by atoms with Crippen molar-refractivity contribution in [2.24, 2.45) is 0 Å². The molecule has 0 bridgehead atoms. The third-order valence-corrected chi connectivity index (χ3v) is 2.36. The minimum absolute atomic E-state index is 0.238. The van der Waals surface area contributed by atoms with Gasteiger partial charge in [-0.15, -0.1) is 0 Å². The highest BCUT2D eigenvalue weighted by Crippen LogP contribution is 2.26. The number of rotatable bonds is 2. The molecule has 0 saturated heterocycles. The van der Waals surface area contributed by atoms with E-state index in [0.717, 1.165) is 23.4 Å². The largest absolute Gasteiger partial charge is 0.423 e. The van der Waals surface area contributed by atoms with Crippen molar-refractivity contribution in [1.82, 2.24) is 4.98 Å². The molecule has 0 spiro atoms. The summed E-state index contributed by atoms with van der Waals surface area (Å²) in [5.41, 5.74) is 8.71. The second-order valence-corrected chi connectivity index (χ2v) is 3.55. The molecule has 15 heavy (non-hydrogen) atoms. The van der Waals surface area contributed by atoms with E-state index in [1.54, 1.807) is 0 Å². The van der Waals surface area contributed by atoms with Crippen LogP contribution >= 0.6 is 0 Å². The highest BCUT2D eigenvalue weighted by atomic mass is 16.4. The maximum atomic E-state index is 5.54. The molecule has 0 atom stereocenters. The Labute approximate surface area is 88.9 Å². The van der Waals surface area contributed by atoms with Crippen LogP contribution in [-0.2, 0) is 6.42 Å². The first-order chi connectivity index (χ1) is 7.20. The van der Waals surface area contributed by atoms with Gasteiger partial charge in [-0.05, 0) is 13.3 Å². The van der Waals surface area contributed by atoms with Gasteiger partial charge >= 0.3 is 0 Å². The summed E-state index contributed by atoms with van der Waals surface area (Å²) in [6, 6.07) is 8.38. The van der Waals surface area contributed by atoms with Crippen LogP contribution in [-0.4, -0.2) is 4.98 Å². The van der Waals surface area contributed by atoms with Crippen LogP contribution in [0.5, 0.6) is 0 Å². The van der Waals surface area contributed by atoms with Gasteiger partial charge in [-0.3, -0.25) is 0 Å². The Hall–Kier alpha value is -1.77. The van der Waals surface area contributed by atoms with E-state index >= 15 is 0 Å². The lowest BCUT2D eigenvalue weighted by Crippen LogP contribution is -1.86. The molecule has 0 aliphatic carbocycles. The molecule has 0 radical (unpaired) electrons. The van der Waals surface area contributed by atoms with E-state index in [1.807, 2.05) is 31.2 Å². The summed E-state index contributed by atoms with van der Waals surface area (Å²) >= 11 is 0. The van der Waals surface area contributed by atoms with E-state index in [0.29, 0.717) is 0 Å². The van der Waals surface area contributed by atoms with Crippen LogP contribution in [0.3, 0.4) is 0 Å². The second-order valence-electron chi connectivity index (χ2n) is 3.55. The predicted octanol–water partition coefficient (Wildman–Crippen LogP) is 2.79. The SMILES string of the molecule is CCc1nc(N)oc1-c1ccc(C)cc1. The minimum Gasteiger partial charge on any atom is -0.423 e. The maximum Gasteiger partial charge on any atom is 0.292 e. The zero-order valence-electron chi connectivity index (χ0n) is 8.95. The van der Waals surface area contributed by atoms with Gasteiger partial charge in [-0.2, -0.15) is 4.98 Å². The Kier molecular flexibility index (Phi) is 2.46. The van der Waals surface area contributed by atoms with Crippen LogP contribution in [0.15, 0.2) is 28.7 Å². The van der Waals surface area contributed by atoms with Crippen molar-refractivity contribution in [1.29, 1.82) is 0 Å². The van der Waals surface area contributed by atoms with Crippen molar-refractivity contribution in [3.05, 3.63) is 35.5 Å². The van der Waals surface area contributed by atoms with E-state index < -0.39 is 0 Å². The molecule has 2 aromatic rings. The van der Waals surface area contributed by atoms with Crippen LogP contribution < -0.4 is 5.73 Å². The molecule has 0 aliphatic heterocycles. The fourth-order valence-electron chi connectivity index (χ4n) is 1.54. The summed E-state index contributed by atoms with van der Waals surface area (Å²) in [5.74, 6) is 0.787. The zero-order valence-corrected chi connectivity index (χ0v) is 8.95. The van der Waals surface area contributed by atoms with E-state index in [2.05, 4.69) is 11.9 Å². The summed E-state index contributed by atoms with van der Waals surface area (Å²) in [6.45, 7) is 4.09. The molecule has 0 saturated carbocycles. The number of nitrogen functional groups attached to an aromatic ring is 1. The van der Waals surface area contributed by atoms with Crippen LogP contribution in [0, 0.1) is 6.92 Å². The number of benzene rings is 1. The fourth-order valence-corrected chi connectivity index (χ4v) is 1.54. The van der Waals surface area contributed by atoms with Crippen LogP contribution in [0.4, 0.5) is 6.01 Å². The number of aromatic nitrogens is 1. The Morgan fingerprint density at radius 2 is 1.93 bits per heavy atom. The average molecular weight is 202 g/mol. The molecule has 2 N–H and O–H groups in total. The van der Waals surface area contributed by atoms with Gasteiger partial charge in [0, 0.05) is 5.56 Å². The van der Waals surface area contributed by atoms with Gasteiger partial charge in [0.05, 0.1) is 5.69 Å². The minimum atomic E-state index is 0.238. The number of nitrogens with zero attached hydrogens (tertiary/aromatic N) is 1. The zero-order chi connectivity index (χ0) is 10.8. The van der Waals surface area contributed by atoms with E-state index in [4.69, 9.17) is 10.2 Å². The molecule has 3 heteroatoms. The lowest BCUT2D eigenvalue weighted by molar-refractivity contribution is 0.593. The van der Waals surface area contributed by atoms with Gasteiger partial charge in [0.25, 0.3) is 6.01 Å². The summed E-state index contributed by atoms with van der Waals surface area (Å²) in [5, 5.41) is 0. The third kappa shape index (κ3) is 1.86. The topological polar surface area (TPSA) is 52.0 Å². The number of hydrogen-bond acceptors (Lipinski definition) is 3. The van der Waals surface area contributed by atoms with Gasteiger partial charge in [0.2, 0.25) is 0 Å². The van der Waals surface area contributed by atoms with Crippen molar-refractivity contribution in [3.63, 3.8) is 0 Å². The van der Waals surface area contributed by atoms with Crippen molar-refractivity contribution in [3.8, 4) is 11.3 Å². The highest BCUT2D eigenvalue weighted by Gasteiger charge is 2.11. The summed E-state index contributed by atoms with van der Waals surface area (Å²) in [7, 11) is 0. The van der Waals surface area contributed by atoms with Crippen molar-refractivity contribution in [2.45, 2.75) is 20.3 Å². The highest BCUT2D eigenvalue weighted by molar-refractivity contribution is 5.61. The van der Waals surface area contributed by atoms with Gasteiger partial charge in [0.1, 0.15) is 0 Å². The first kappa shape index (κ1) is 9.77. The standard InChI is InChI=1S/C12H14N2O/c1-3-10-11(15-12(13)14-10)9-6-4-8(2)5-7-9/h4-7H,3H2,1-2H3,(H2,13,14). The molecule has 78 valence electrons. The Balaban J connectivity index is 2.48. The number of nitrogens with two attached hydrogens (primary N) is 1. The molecule has 1 aromatic carbocycles. The molecular weight excluding hydrogens is 188 g/mol. The normalized spacial score (nSPS) is 10.5. The van der Waals surface area contributed by atoms with Crippen molar-refractivity contribution < 1.29 is 4.42 Å².